The summed E-state index contributed by atoms with van der Waals surface area (Å²) in [6.07, 6.45) is 5.21. The van der Waals surface area contributed by atoms with E-state index in [0.717, 1.165) is 18.4 Å². The lowest BCUT2D eigenvalue weighted by Gasteiger charge is -2.22. The van der Waals surface area contributed by atoms with E-state index in [0.29, 0.717) is 12.3 Å². The molecule has 2 rings (SSSR count). The van der Waals surface area contributed by atoms with Gasteiger partial charge >= 0.3 is 0 Å². The molecule has 0 bridgehead atoms. The summed E-state index contributed by atoms with van der Waals surface area (Å²) in [6.45, 7) is 4.26. The lowest BCUT2D eigenvalue weighted by atomic mass is 9.95. The van der Waals surface area contributed by atoms with Crippen molar-refractivity contribution in [3.63, 3.8) is 0 Å². The molecule has 1 aromatic heterocycles. The van der Waals surface area contributed by atoms with Crippen molar-refractivity contribution in [2.75, 3.05) is 6.61 Å². The summed E-state index contributed by atoms with van der Waals surface area (Å²) in [6, 6.07) is 0.0524. The summed E-state index contributed by atoms with van der Waals surface area (Å²) < 4.78 is 0. The number of hydrogen-bond acceptors (Lipinski definition) is 3. The number of carbonyl (C=O) groups is 1. The Labute approximate surface area is 119 Å². The van der Waals surface area contributed by atoms with Crippen molar-refractivity contribution in [3.05, 3.63) is 21.4 Å². The van der Waals surface area contributed by atoms with Gasteiger partial charge in [-0.05, 0) is 43.6 Å². The van der Waals surface area contributed by atoms with Crippen molar-refractivity contribution < 1.29 is 9.90 Å². The molecule has 19 heavy (non-hydrogen) atoms. The molecule has 2 N–H and O–H groups in total. The first-order valence-corrected chi connectivity index (χ1v) is 8.02. The first-order valence-electron chi connectivity index (χ1n) is 7.14. The van der Waals surface area contributed by atoms with Gasteiger partial charge in [0.25, 0.3) is 5.91 Å². The molecule has 1 unspecified atom stereocenters. The zero-order valence-corrected chi connectivity index (χ0v) is 12.6. The van der Waals surface area contributed by atoms with Crippen LogP contribution in [0, 0.1) is 5.92 Å². The maximum Gasteiger partial charge on any atom is 0.252 e. The summed E-state index contributed by atoms with van der Waals surface area (Å²) in [5, 5.41) is 14.2. The Morgan fingerprint density at radius 2 is 2.16 bits per heavy atom. The second kappa shape index (κ2) is 6.53. The van der Waals surface area contributed by atoms with Gasteiger partial charge in [0.2, 0.25) is 0 Å². The highest BCUT2D eigenvalue weighted by Crippen LogP contribution is 2.30. The Morgan fingerprint density at radius 1 is 1.42 bits per heavy atom. The van der Waals surface area contributed by atoms with Gasteiger partial charge in [-0.3, -0.25) is 4.79 Å². The molecule has 0 radical (unpaired) electrons. The van der Waals surface area contributed by atoms with Crippen LogP contribution in [0.2, 0.25) is 0 Å². The number of aryl methyl sites for hydroxylation is 1. The maximum absolute atomic E-state index is 12.4. The van der Waals surface area contributed by atoms with Crippen LogP contribution in [0.15, 0.2) is 5.38 Å². The summed E-state index contributed by atoms with van der Waals surface area (Å²) in [5.41, 5.74) is 2.13. The number of fused-ring (bicyclic) bond motifs is 1. The van der Waals surface area contributed by atoms with Crippen molar-refractivity contribution in [2.24, 2.45) is 5.92 Å². The van der Waals surface area contributed by atoms with Crippen molar-refractivity contribution >= 4 is 17.2 Å². The summed E-state index contributed by atoms with van der Waals surface area (Å²) in [4.78, 5) is 13.8. The molecule has 1 aromatic rings. The molecule has 1 aliphatic carbocycles. The van der Waals surface area contributed by atoms with Crippen molar-refractivity contribution in [2.45, 2.75) is 52.0 Å². The fourth-order valence-electron chi connectivity index (χ4n) is 2.64. The number of amides is 1. The topological polar surface area (TPSA) is 49.3 Å². The van der Waals surface area contributed by atoms with Crippen LogP contribution in [0.4, 0.5) is 0 Å². The van der Waals surface area contributed by atoms with Gasteiger partial charge in [0, 0.05) is 22.9 Å². The number of aliphatic hydroxyl groups excluding tert-OH is 1. The lowest BCUT2D eigenvalue weighted by Crippen LogP contribution is -2.39. The monoisotopic (exact) mass is 281 g/mol. The number of carbonyl (C=O) groups excluding carboxylic acids is 1. The third kappa shape index (κ3) is 3.37. The van der Waals surface area contributed by atoms with Crippen molar-refractivity contribution in [1.82, 2.24) is 5.32 Å². The minimum Gasteiger partial charge on any atom is -0.396 e. The maximum atomic E-state index is 12.4. The van der Waals surface area contributed by atoms with Crippen LogP contribution in [0.3, 0.4) is 0 Å². The van der Waals surface area contributed by atoms with Gasteiger partial charge in [-0.15, -0.1) is 11.3 Å². The van der Waals surface area contributed by atoms with Crippen LogP contribution < -0.4 is 5.32 Å². The second-order valence-electron chi connectivity index (χ2n) is 5.59. The molecule has 0 saturated carbocycles. The first kappa shape index (κ1) is 14.5. The van der Waals surface area contributed by atoms with E-state index in [1.165, 1.54) is 23.3 Å². The van der Waals surface area contributed by atoms with E-state index in [1.54, 1.807) is 11.3 Å². The van der Waals surface area contributed by atoms with E-state index in [9.17, 15) is 4.79 Å². The number of hydrogen-bond donors (Lipinski definition) is 2. The van der Waals surface area contributed by atoms with Gasteiger partial charge in [0.05, 0.1) is 5.56 Å². The van der Waals surface area contributed by atoms with Crippen LogP contribution in [0.25, 0.3) is 0 Å². The lowest BCUT2D eigenvalue weighted by molar-refractivity contribution is 0.0916. The predicted octanol–water partition coefficient (Wildman–Crippen LogP) is 2.76. The molecule has 1 amide bonds. The molecule has 106 valence electrons. The summed E-state index contributed by atoms with van der Waals surface area (Å²) >= 11 is 1.72. The van der Waals surface area contributed by atoms with E-state index < -0.39 is 0 Å². The van der Waals surface area contributed by atoms with Gasteiger partial charge in [-0.25, -0.2) is 0 Å². The molecule has 0 spiro atoms. The summed E-state index contributed by atoms with van der Waals surface area (Å²) in [5.74, 6) is 0.372. The highest BCUT2D eigenvalue weighted by Gasteiger charge is 2.22. The molecule has 1 heterocycles. The molecule has 4 heteroatoms. The summed E-state index contributed by atoms with van der Waals surface area (Å²) in [7, 11) is 0. The third-order valence-corrected chi connectivity index (χ3v) is 4.96. The number of aliphatic hydroxyl groups is 1. The Morgan fingerprint density at radius 3 is 2.84 bits per heavy atom. The molecule has 0 saturated heterocycles. The van der Waals surface area contributed by atoms with E-state index in [1.807, 2.05) is 5.38 Å². The standard InChI is InChI=1S/C15H23NO2S/c1-10(2)13(7-8-17)16-15(18)12-9-19-14-6-4-3-5-11(12)14/h9-10,13,17H,3-8H2,1-2H3,(H,16,18). The van der Waals surface area contributed by atoms with E-state index in [4.69, 9.17) is 5.11 Å². The van der Waals surface area contributed by atoms with Gasteiger partial charge < -0.3 is 10.4 Å². The third-order valence-electron chi connectivity index (χ3n) is 3.87. The fourth-order valence-corrected chi connectivity index (χ4v) is 3.77. The highest BCUT2D eigenvalue weighted by molar-refractivity contribution is 7.10. The van der Waals surface area contributed by atoms with Crippen molar-refractivity contribution in [1.29, 1.82) is 0 Å². The van der Waals surface area contributed by atoms with Gasteiger partial charge in [0.1, 0.15) is 0 Å². The number of rotatable bonds is 5. The Kier molecular flexibility index (Phi) is 4.99. The molecule has 1 aliphatic rings. The smallest absolute Gasteiger partial charge is 0.252 e. The van der Waals surface area contributed by atoms with Crippen LogP contribution in [-0.4, -0.2) is 23.7 Å². The minimum atomic E-state index is 0.0338. The minimum absolute atomic E-state index is 0.0338. The average molecular weight is 281 g/mol. The first-order chi connectivity index (χ1) is 9.13. The van der Waals surface area contributed by atoms with Gasteiger partial charge in [-0.1, -0.05) is 13.8 Å². The SMILES string of the molecule is CC(C)C(CCO)NC(=O)c1csc2c1CCCC2. The molecule has 3 nitrogen and oxygen atoms in total. The Bertz CT molecular complexity index is 439. The number of nitrogens with one attached hydrogen (secondary N) is 1. The van der Waals surface area contributed by atoms with Crippen LogP contribution in [-0.2, 0) is 12.8 Å². The normalized spacial score (nSPS) is 16.2. The van der Waals surface area contributed by atoms with E-state index in [2.05, 4.69) is 19.2 Å². The predicted molar refractivity (Wildman–Crippen MR) is 78.8 cm³/mol. The zero-order chi connectivity index (χ0) is 13.8. The van der Waals surface area contributed by atoms with Crippen molar-refractivity contribution in [3.8, 4) is 0 Å². The van der Waals surface area contributed by atoms with E-state index >= 15 is 0 Å². The van der Waals surface area contributed by atoms with Gasteiger partial charge in [-0.2, -0.15) is 0 Å². The van der Waals surface area contributed by atoms with Crippen LogP contribution in [0.1, 0.15) is 53.9 Å². The quantitative estimate of drug-likeness (QED) is 0.872. The number of thiophene rings is 1. The Balaban J connectivity index is 2.09. The molecule has 1 atom stereocenters. The van der Waals surface area contributed by atoms with Crippen LogP contribution in [0.5, 0.6) is 0 Å². The Hall–Kier alpha value is -0.870. The van der Waals surface area contributed by atoms with Crippen LogP contribution >= 0.6 is 11.3 Å². The molecule has 0 fully saturated rings. The largest absolute Gasteiger partial charge is 0.396 e. The fraction of sp³-hybridized carbons (Fsp3) is 0.667. The average Bonchev–Trinajstić information content (AvgIpc) is 2.81. The van der Waals surface area contributed by atoms with E-state index in [-0.39, 0.29) is 18.6 Å². The zero-order valence-electron chi connectivity index (χ0n) is 11.7. The molecular formula is C15H23NO2S. The highest BCUT2D eigenvalue weighted by atomic mass is 32.1. The second-order valence-corrected chi connectivity index (χ2v) is 6.56. The molecular weight excluding hydrogens is 258 g/mol. The molecule has 0 aliphatic heterocycles. The van der Waals surface area contributed by atoms with Gasteiger partial charge in [0.15, 0.2) is 0 Å². The molecule has 0 aromatic carbocycles.